The molecule has 0 heterocycles. The van der Waals surface area contributed by atoms with Gasteiger partial charge in [-0.1, -0.05) is 42.5 Å². The molecular formula is C36H35N3O9S. The van der Waals surface area contributed by atoms with Gasteiger partial charge < -0.3 is 31.3 Å². The molecule has 0 aliphatic heterocycles. The Balaban J connectivity index is 1.24. The molecule has 7 N–H and O–H groups in total. The highest BCUT2D eigenvalue weighted by Crippen LogP contribution is 2.28. The van der Waals surface area contributed by atoms with Crippen LogP contribution in [0.3, 0.4) is 0 Å². The minimum absolute atomic E-state index is 0.118. The normalized spacial score (nSPS) is 12.0. The zero-order chi connectivity index (χ0) is 35.1. The maximum Gasteiger partial charge on any atom is 0.294 e. The summed E-state index contributed by atoms with van der Waals surface area (Å²) >= 11 is 0. The van der Waals surface area contributed by atoms with Gasteiger partial charge in [0.1, 0.15) is 23.3 Å². The Morgan fingerprint density at radius 3 is 1.94 bits per heavy atom. The van der Waals surface area contributed by atoms with E-state index in [2.05, 4.69) is 16.0 Å². The van der Waals surface area contributed by atoms with E-state index < -0.39 is 39.6 Å². The van der Waals surface area contributed by atoms with Crippen LogP contribution in [0, 0.1) is 0 Å². The van der Waals surface area contributed by atoms with Crippen molar-refractivity contribution in [2.24, 2.45) is 0 Å². The van der Waals surface area contributed by atoms with Gasteiger partial charge in [0.25, 0.3) is 21.9 Å². The first-order valence-electron chi connectivity index (χ1n) is 15.5. The highest BCUT2D eigenvalue weighted by Gasteiger charge is 2.23. The third-order valence-electron chi connectivity index (χ3n) is 8.05. The predicted molar refractivity (Wildman–Crippen MR) is 183 cm³/mol. The molecule has 3 amide bonds. The number of unbranched alkanes of at least 4 members (excludes halogenated alkanes) is 1. The molecule has 5 aromatic carbocycles. The van der Waals surface area contributed by atoms with Gasteiger partial charge in [-0.15, -0.1) is 0 Å². The number of carbonyl (C=O) groups is 3. The minimum Gasteiger partial charge on any atom is -0.508 e. The van der Waals surface area contributed by atoms with Gasteiger partial charge in [0.2, 0.25) is 5.91 Å². The zero-order valence-electron chi connectivity index (χ0n) is 26.2. The van der Waals surface area contributed by atoms with Gasteiger partial charge in [-0.2, -0.15) is 8.42 Å². The molecule has 0 aromatic heterocycles. The van der Waals surface area contributed by atoms with Gasteiger partial charge in [-0.25, -0.2) is 0 Å². The number of phenols is 3. The molecule has 0 saturated carbocycles. The van der Waals surface area contributed by atoms with Crippen molar-refractivity contribution in [3.8, 4) is 17.2 Å². The summed E-state index contributed by atoms with van der Waals surface area (Å²) in [5.41, 5.74) is 0.803. The molecule has 1 unspecified atom stereocenters. The Morgan fingerprint density at radius 2 is 1.27 bits per heavy atom. The molecule has 5 aromatic rings. The smallest absolute Gasteiger partial charge is 0.294 e. The number of nitrogens with one attached hydrogen (secondary N) is 3. The summed E-state index contributed by atoms with van der Waals surface area (Å²) in [6.45, 7) is 0.469. The average molecular weight is 686 g/mol. The first kappa shape index (κ1) is 34.7. The van der Waals surface area contributed by atoms with Gasteiger partial charge in [0.15, 0.2) is 0 Å². The quantitative estimate of drug-likeness (QED) is 0.0692. The second-order valence-corrected chi connectivity index (χ2v) is 13.0. The molecule has 12 nitrogen and oxygen atoms in total. The molecule has 1 atom stereocenters. The van der Waals surface area contributed by atoms with E-state index in [4.69, 9.17) is 0 Å². The first-order chi connectivity index (χ1) is 23.4. The number of amides is 3. The molecule has 0 radical (unpaired) electrons. The second-order valence-electron chi connectivity index (χ2n) is 11.6. The Bertz CT molecular complexity index is 2130. The Morgan fingerprint density at radius 1 is 0.653 bits per heavy atom. The van der Waals surface area contributed by atoms with Gasteiger partial charge in [-0.05, 0) is 101 Å². The fourth-order valence-corrected chi connectivity index (χ4v) is 5.92. The Kier molecular flexibility index (Phi) is 10.6. The van der Waals surface area contributed by atoms with E-state index in [1.807, 2.05) is 24.3 Å². The average Bonchev–Trinajstić information content (AvgIpc) is 3.07. The molecule has 0 aliphatic rings. The van der Waals surface area contributed by atoms with E-state index in [1.54, 1.807) is 18.2 Å². The fourth-order valence-electron chi connectivity index (χ4n) is 5.41. The zero-order valence-corrected chi connectivity index (χ0v) is 27.0. The van der Waals surface area contributed by atoms with Crippen LogP contribution >= 0.6 is 0 Å². The van der Waals surface area contributed by atoms with Crippen molar-refractivity contribution in [1.29, 1.82) is 0 Å². The third kappa shape index (κ3) is 8.83. The van der Waals surface area contributed by atoms with Crippen LogP contribution in [0.5, 0.6) is 17.2 Å². The van der Waals surface area contributed by atoms with Gasteiger partial charge in [-0.3, -0.25) is 18.9 Å². The second kappa shape index (κ2) is 15.0. The molecule has 0 aliphatic carbocycles. The van der Waals surface area contributed by atoms with E-state index in [0.717, 1.165) is 16.3 Å². The van der Waals surface area contributed by atoms with Crippen LogP contribution < -0.4 is 16.0 Å². The lowest BCUT2D eigenvalue weighted by Crippen LogP contribution is -2.47. The predicted octanol–water partition coefficient (Wildman–Crippen LogP) is 4.41. The van der Waals surface area contributed by atoms with Crippen molar-refractivity contribution in [1.82, 2.24) is 16.0 Å². The summed E-state index contributed by atoms with van der Waals surface area (Å²) in [5.74, 6) is -2.14. The van der Waals surface area contributed by atoms with Crippen molar-refractivity contribution < 1.29 is 42.7 Å². The lowest BCUT2D eigenvalue weighted by molar-refractivity contribution is -0.123. The van der Waals surface area contributed by atoms with E-state index in [9.17, 15) is 42.7 Å². The number of rotatable bonds is 13. The summed E-state index contributed by atoms with van der Waals surface area (Å²) in [4.78, 5) is 39.1. The summed E-state index contributed by atoms with van der Waals surface area (Å²) in [5, 5.41) is 41.0. The highest BCUT2D eigenvalue weighted by molar-refractivity contribution is 7.85. The number of hydrogen-bond acceptors (Lipinski definition) is 8. The summed E-state index contributed by atoms with van der Waals surface area (Å²) in [6.07, 6.45) is 1.48. The fraction of sp³-hybridized carbons (Fsp3) is 0.194. The number of phenolic OH excluding ortho intramolecular Hbond substituents is 3. The topological polar surface area (TPSA) is 202 Å². The monoisotopic (exact) mass is 685 g/mol. The number of benzene rings is 5. The Hall–Kier alpha value is -5.66. The van der Waals surface area contributed by atoms with Crippen LogP contribution in [0.25, 0.3) is 21.5 Å². The molecule has 0 fully saturated rings. The van der Waals surface area contributed by atoms with Crippen LogP contribution in [0.2, 0.25) is 0 Å². The standard InChI is InChI=1S/C36H35N3O9S/c40-27-11-8-22(9-12-27)14-16-38-36(45)31(7-3-4-15-37-34(43)29-18-23-5-1-2-6-24(23)20-32(29)41)39-35(44)30-19-26-17-28(49(46,47)48)13-10-25(26)21-33(30)42/h1-2,5-6,8-13,17-21,31,40-42H,3-4,7,14-16H2,(H,37,43)(H,38,45)(H,39,44)(H,46,47,48). The van der Waals surface area contributed by atoms with Crippen LogP contribution in [0.4, 0.5) is 0 Å². The largest absolute Gasteiger partial charge is 0.508 e. The van der Waals surface area contributed by atoms with E-state index in [1.165, 1.54) is 48.5 Å². The van der Waals surface area contributed by atoms with Crippen LogP contribution in [-0.4, -0.2) is 65.1 Å². The lowest BCUT2D eigenvalue weighted by atomic mass is 10.0. The molecule has 0 spiro atoms. The van der Waals surface area contributed by atoms with Crippen LogP contribution in [-0.2, 0) is 21.3 Å². The number of aromatic hydroxyl groups is 3. The van der Waals surface area contributed by atoms with Crippen molar-refractivity contribution in [3.05, 3.63) is 108 Å². The van der Waals surface area contributed by atoms with Gasteiger partial charge in [0.05, 0.1) is 16.0 Å². The van der Waals surface area contributed by atoms with E-state index in [-0.39, 0.29) is 52.4 Å². The summed E-state index contributed by atoms with van der Waals surface area (Å²) in [7, 11) is -4.51. The molecule has 0 saturated heterocycles. The minimum atomic E-state index is -4.51. The van der Waals surface area contributed by atoms with E-state index >= 15 is 0 Å². The SMILES string of the molecule is O=C(NCCCCC(NC(=O)c1cc2cc(S(=O)(=O)O)ccc2cc1O)C(=O)NCCc1ccc(O)cc1)c1cc2ccccc2cc1O. The maximum absolute atomic E-state index is 13.4. The molecule has 0 bridgehead atoms. The van der Waals surface area contributed by atoms with E-state index in [0.29, 0.717) is 24.6 Å². The molecule has 5 rings (SSSR count). The van der Waals surface area contributed by atoms with Crippen LogP contribution in [0.15, 0.2) is 95.9 Å². The first-order valence-corrected chi connectivity index (χ1v) is 16.9. The summed E-state index contributed by atoms with van der Waals surface area (Å²) in [6, 6.07) is 22.2. The molecule has 49 heavy (non-hydrogen) atoms. The Labute approximate surface area is 282 Å². The third-order valence-corrected chi connectivity index (χ3v) is 8.90. The maximum atomic E-state index is 13.4. The summed E-state index contributed by atoms with van der Waals surface area (Å²) < 4.78 is 32.7. The number of fused-ring (bicyclic) bond motifs is 2. The van der Waals surface area contributed by atoms with Crippen molar-refractivity contribution >= 4 is 49.4 Å². The van der Waals surface area contributed by atoms with Crippen molar-refractivity contribution in [2.75, 3.05) is 13.1 Å². The van der Waals surface area contributed by atoms with Crippen LogP contribution in [0.1, 0.15) is 45.5 Å². The number of carbonyl (C=O) groups excluding carboxylic acids is 3. The number of hydrogen-bond donors (Lipinski definition) is 7. The molecule has 13 heteroatoms. The van der Waals surface area contributed by atoms with Crippen molar-refractivity contribution in [2.45, 2.75) is 36.6 Å². The lowest BCUT2D eigenvalue weighted by Gasteiger charge is -2.19. The van der Waals surface area contributed by atoms with Gasteiger partial charge >= 0.3 is 0 Å². The molecule has 254 valence electrons. The van der Waals surface area contributed by atoms with Crippen molar-refractivity contribution in [3.63, 3.8) is 0 Å². The highest BCUT2D eigenvalue weighted by atomic mass is 32.2. The van der Waals surface area contributed by atoms with Gasteiger partial charge in [0, 0.05) is 13.1 Å². The molecular weight excluding hydrogens is 650 g/mol.